The van der Waals surface area contributed by atoms with Gasteiger partial charge in [0.25, 0.3) is 0 Å². The standard InChI is InChI=1S/C17H35NO/c1-7-9-10-11-16(3,4)13-18-14-12-15(19-8-2)17(14,5)6/h14-15,18H,7-13H2,1-6H3. The van der Waals surface area contributed by atoms with Crippen LogP contribution in [0.1, 0.15) is 73.6 Å². The number of hydrogen-bond acceptors (Lipinski definition) is 2. The van der Waals surface area contributed by atoms with E-state index in [4.69, 9.17) is 4.74 Å². The van der Waals surface area contributed by atoms with Crippen molar-refractivity contribution >= 4 is 0 Å². The van der Waals surface area contributed by atoms with Crippen molar-refractivity contribution in [3.05, 3.63) is 0 Å². The van der Waals surface area contributed by atoms with Crippen LogP contribution < -0.4 is 5.32 Å². The second-order valence-corrected chi connectivity index (χ2v) is 7.56. The minimum Gasteiger partial charge on any atom is -0.378 e. The van der Waals surface area contributed by atoms with Crippen molar-refractivity contribution in [3.63, 3.8) is 0 Å². The Morgan fingerprint density at radius 2 is 1.89 bits per heavy atom. The summed E-state index contributed by atoms with van der Waals surface area (Å²) >= 11 is 0. The highest BCUT2D eigenvalue weighted by molar-refractivity contribution is 5.03. The van der Waals surface area contributed by atoms with Crippen molar-refractivity contribution in [1.29, 1.82) is 0 Å². The first-order chi connectivity index (χ1) is 8.83. The lowest BCUT2D eigenvalue weighted by Crippen LogP contribution is -2.61. The van der Waals surface area contributed by atoms with Gasteiger partial charge >= 0.3 is 0 Å². The van der Waals surface area contributed by atoms with Crippen LogP contribution in [-0.4, -0.2) is 25.3 Å². The molecular weight excluding hydrogens is 234 g/mol. The van der Waals surface area contributed by atoms with Gasteiger partial charge in [0, 0.05) is 24.6 Å². The first-order valence-corrected chi connectivity index (χ1v) is 8.18. The Morgan fingerprint density at radius 1 is 1.21 bits per heavy atom. The fraction of sp³-hybridized carbons (Fsp3) is 1.00. The van der Waals surface area contributed by atoms with Crippen LogP contribution >= 0.6 is 0 Å². The van der Waals surface area contributed by atoms with E-state index in [1.165, 1.54) is 32.1 Å². The first kappa shape index (κ1) is 17.0. The Morgan fingerprint density at radius 3 is 2.42 bits per heavy atom. The smallest absolute Gasteiger partial charge is 0.0655 e. The largest absolute Gasteiger partial charge is 0.378 e. The van der Waals surface area contributed by atoms with Crippen LogP contribution in [0.2, 0.25) is 0 Å². The number of hydrogen-bond donors (Lipinski definition) is 1. The predicted octanol–water partition coefficient (Wildman–Crippen LogP) is 4.39. The molecule has 1 aliphatic rings. The van der Waals surface area contributed by atoms with Gasteiger partial charge in [-0.3, -0.25) is 0 Å². The summed E-state index contributed by atoms with van der Waals surface area (Å²) in [5.74, 6) is 0. The van der Waals surface area contributed by atoms with Gasteiger partial charge in [0.1, 0.15) is 0 Å². The van der Waals surface area contributed by atoms with Crippen molar-refractivity contribution in [3.8, 4) is 0 Å². The average Bonchev–Trinajstić information content (AvgIpc) is 2.33. The molecule has 0 radical (unpaired) electrons. The molecule has 0 aromatic carbocycles. The van der Waals surface area contributed by atoms with Gasteiger partial charge in [0.05, 0.1) is 6.10 Å². The lowest BCUT2D eigenvalue weighted by molar-refractivity contribution is -0.115. The highest BCUT2D eigenvalue weighted by Crippen LogP contribution is 2.43. The summed E-state index contributed by atoms with van der Waals surface area (Å²) in [5.41, 5.74) is 0.706. The van der Waals surface area contributed by atoms with Crippen molar-refractivity contribution < 1.29 is 4.74 Å². The number of ether oxygens (including phenoxy) is 1. The average molecular weight is 269 g/mol. The maximum absolute atomic E-state index is 5.79. The highest BCUT2D eigenvalue weighted by Gasteiger charge is 2.48. The van der Waals surface area contributed by atoms with Crippen LogP contribution in [0.25, 0.3) is 0 Å². The van der Waals surface area contributed by atoms with Gasteiger partial charge in [-0.05, 0) is 25.2 Å². The van der Waals surface area contributed by atoms with E-state index in [2.05, 4.69) is 46.9 Å². The Balaban J connectivity index is 2.29. The molecule has 1 saturated carbocycles. The van der Waals surface area contributed by atoms with Crippen molar-refractivity contribution in [1.82, 2.24) is 5.32 Å². The normalized spacial score (nSPS) is 26.2. The van der Waals surface area contributed by atoms with Gasteiger partial charge in [0.15, 0.2) is 0 Å². The van der Waals surface area contributed by atoms with Crippen LogP contribution in [0.5, 0.6) is 0 Å². The zero-order valence-corrected chi connectivity index (χ0v) is 14.0. The molecule has 0 saturated heterocycles. The Kier molecular flexibility index (Phi) is 6.32. The topological polar surface area (TPSA) is 21.3 Å². The third-order valence-electron chi connectivity index (χ3n) is 4.83. The molecule has 0 bridgehead atoms. The van der Waals surface area contributed by atoms with Gasteiger partial charge in [-0.1, -0.05) is 53.9 Å². The lowest BCUT2D eigenvalue weighted by atomic mass is 9.64. The summed E-state index contributed by atoms with van der Waals surface area (Å²) in [4.78, 5) is 0. The van der Waals surface area contributed by atoms with Crippen LogP contribution in [0.4, 0.5) is 0 Å². The summed E-state index contributed by atoms with van der Waals surface area (Å²) in [6, 6.07) is 0.620. The van der Waals surface area contributed by atoms with E-state index in [9.17, 15) is 0 Å². The van der Waals surface area contributed by atoms with Crippen LogP contribution in [0.15, 0.2) is 0 Å². The van der Waals surface area contributed by atoms with Crippen molar-refractivity contribution in [2.45, 2.75) is 85.8 Å². The number of nitrogens with one attached hydrogen (secondary N) is 1. The number of unbranched alkanes of at least 4 members (excludes halogenated alkanes) is 2. The summed E-state index contributed by atoms with van der Waals surface area (Å²) in [7, 11) is 0. The minimum absolute atomic E-state index is 0.287. The Bertz CT molecular complexity index is 260. The molecule has 2 heteroatoms. The summed E-state index contributed by atoms with van der Waals surface area (Å²) in [5, 5.41) is 3.78. The highest BCUT2D eigenvalue weighted by atomic mass is 16.5. The molecule has 0 heterocycles. The van der Waals surface area contributed by atoms with Gasteiger partial charge in [0.2, 0.25) is 0 Å². The zero-order chi connectivity index (χ0) is 14.5. The Labute approximate surface area is 120 Å². The zero-order valence-electron chi connectivity index (χ0n) is 14.0. The van der Waals surface area contributed by atoms with E-state index < -0.39 is 0 Å². The predicted molar refractivity (Wildman–Crippen MR) is 83.5 cm³/mol. The van der Waals surface area contributed by atoms with E-state index in [1.54, 1.807) is 0 Å². The molecule has 114 valence electrons. The molecule has 2 atom stereocenters. The third kappa shape index (κ3) is 4.75. The minimum atomic E-state index is 0.287. The van der Waals surface area contributed by atoms with Crippen LogP contribution in [0.3, 0.4) is 0 Å². The molecule has 0 amide bonds. The quantitative estimate of drug-likeness (QED) is 0.627. The van der Waals surface area contributed by atoms with E-state index in [-0.39, 0.29) is 5.41 Å². The maximum atomic E-state index is 5.79. The molecule has 0 spiro atoms. The molecule has 1 fully saturated rings. The van der Waals surface area contributed by atoms with Gasteiger partial charge in [-0.25, -0.2) is 0 Å². The monoisotopic (exact) mass is 269 g/mol. The molecule has 1 N–H and O–H groups in total. The van der Waals surface area contributed by atoms with E-state index >= 15 is 0 Å². The molecule has 0 aromatic heterocycles. The van der Waals surface area contributed by atoms with E-state index in [0.29, 0.717) is 17.6 Å². The van der Waals surface area contributed by atoms with Crippen molar-refractivity contribution in [2.75, 3.05) is 13.2 Å². The van der Waals surface area contributed by atoms with Crippen molar-refractivity contribution in [2.24, 2.45) is 10.8 Å². The summed E-state index contributed by atoms with van der Waals surface area (Å²) < 4.78 is 5.79. The van der Waals surface area contributed by atoms with Gasteiger partial charge in [-0.2, -0.15) is 0 Å². The first-order valence-electron chi connectivity index (χ1n) is 8.18. The molecular formula is C17H35NO. The van der Waals surface area contributed by atoms with E-state index in [0.717, 1.165) is 13.2 Å². The summed E-state index contributed by atoms with van der Waals surface area (Å²) in [6.45, 7) is 15.8. The van der Waals surface area contributed by atoms with Crippen LogP contribution in [0, 0.1) is 10.8 Å². The van der Waals surface area contributed by atoms with Gasteiger partial charge < -0.3 is 10.1 Å². The van der Waals surface area contributed by atoms with Gasteiger partial charge in [-0.15, -0.1) is 0 Å². The fourth-order valence-electron chi connectivity index (χ4n) is 3.06. The second kappa shape index (κ2) is 7.08. The molecule has 1 aliphatic carbocycles. The van der Waals surface area contributed by atoms with Crippen LogP contribution in [-0.2, 0) is 4.74 Å². The fourth-order valence-corrected chi connectivity index (χ4v) is 3.06. The third-order valence-corrected chi connectivity index (χ3v) is 4.83. The molecule has 2 nitrogen and oxygen atoms in total. The Hall–Kier alpha value is -0.0800. The maximum Gasteiger partial charge on any atom is 0.0655 e. The number of rotatable bonds is 9. The molecule has 2 unspecified atom stereocenters. The molecule has 0 aromatic rings. The SMILES string of the molecule is CCCCCC(C)(C)CNC1CC(OCC)C1(C)C. The second-order valence-electron chi connectivity index (χ2n) is 7.56. The molecule has 1 rings (SSSR count). The summed E-state index contributed by atoms with van der Waals surface area (Å²) in [6.07, 6.45) is 6.99. The molecule has 19 heavy (non-hydrogen) atoms. The lowest BCUT2D eigenvalue weighted by Gasteiger charge is -2.52. The van der Waals surface area contributed by atoms with E-state index in [1.807, 2.05) is 0 Å². The molecule has 0 aliphatic heterocycles.